The minimum absolute atomic E-state index is 0.0552. The normalized spacial score (nSPS) is 10.2. The van der Waals surface area contributed by atoms with Gasteiger partial charge in [-0.1, -0.05) is 6.07 Å². The number of nitrogens with zero attached hydrogens (tertiary/aromatic N) is 1. The second-order valence-electron chi connectivity index (χ2n) is 3.79. The van der Waals surface area contributed by atoms with Crippen LogP contribution in [0.2, 0.25) is 0 Å². The van der Waals surface area contributed by atoms with Crippen LogP contribution in [0.1, 0.15) is 27.8 Å². The van der Waals surface area contributed by atoms with Gasteiger partial charge in [-0.2, -0.15) is 0 Å². The summed E-state index contributed by atoms with van der Waals surface area (Å²) in [6, 6.07) is 4.50. The number of rotatable bonds is 3. The van der Waals surface area contributed by atoms with E-state index in [0.717, 1.165) is 11.3 Å². The topological polar surface area (TPSA) is 105 Å². The second kappa shape index (κ2) is 5.07. The summed E-state index contributed by atoms with van der Waals surface area (Å²) in [6.45, 7) is 1.39. The van der Waals surface area contributed by atoms with Crippen LogP contribution in [-0.2, 0) is 0 Å². The quantitative estimate of drug-likeness (QED) is 0.451. The number of Topliss-reactive ketones (excluding diaryl/α,β-unsaturated/α-hetero) is 1. The number of anilines is 2. The van der Waals surface area contributed by atoms with Crippen molar-refractivity contribution in [3.05, 3.63) is 34.8 Å². The molecule has 2 aromatic rings. The predicted octanol–water partition coefficient (Wildman–Crippen LogP) is 1.89. The largest absolute Gasteiger partial charge is 0.505 e. The third-order valence-electron chi connectivity index (χ3n) is 2.40. The monoisotopic (exact) mass is 277 g/mol. The molecule has 1 heterocycles. The number of phenols is 1. The molecule has 2 rings (SSSR count). The zero-order valence-corrected chi connectivity index (χ0v) is 10.8. The number of phenolic OH excluding ortho intramolecular Hbond substituents is 1. The van der Waals surface area contributed by atoms with Crippen LogP contribution in [0, 0.1) is 0 Å². The van der Waals surface area contributed by atoms with Crippen LogP contribution in [0.25, 0.3) is 0 Å². The molecule has 98 valence electrons. The Morgan fingerprint density at radius 2 is 2.16 bits per heavy atom. The first-order chi connectivity index (χ1) is 8.99. The van der Waals surface area contributed by atoms with Gasteiger partial charge in [0.2, 0.25) is 0 Å². The first-order valence-electron chi connectivity index (χ1n) is 5.34. The number of aromatic hydroxyl groups is 1. The number of benzene rings is 1. The van der Waals surface area contributed by atoms with E-state index in [1.807, 2.05) is 0 Å². The number of nitrogens with two attached hydrogens (primary N) is 1. The Hall–Kier alpha value is -2.41. The molecule has 0 radical (unpaired) electrons. The number of amides is 1. The standard InChI is InChI=1S/C12H11N3O3S/c1-6(16)9-5-19-12(14-9)15-11(18)7-3-2-4-8(13)10(7)17/h2-5,17H,13H2,1H3,(H,14,15,18). The fourth-order valence-corrected chi connectivity index (χ4v) is 2.15. The van der Waals surface area contributed by atoms with E-state index >= 15 is 0 Å². The first kappa shape index (κ1) is 13.0. The van der Waals surface area contributed by atoms with Gasteiger partial charge in [0, 0.05) is 12.3 Å². The summed E-state index contributed by atoms with van der Waals surface area (Å²) >= 11 is 1.13. The van der Waals surface area contributed by atoms with Crippen LogP contribution < -0.4 is 11.1 Å². The smallest absolute Gasteiger partial charge is 0.261 e. The van der Waals surface area contributed by atoms with Crippen molar-refractivity contribution in [3.8, 4) is 5.75 Å². The van der Waals surface area contributed by atoms with Crippen LogP contribution in [0.4, 0.5) is 10.8 Å². The maximum absolute atomic E-state index is 11.9. The molecule has 0 aliphatic rings. The molecule has 0 aliphatic carbocycles. The average molecular weight is 277 g/mol. The van der Waals surface area contributed by atoms with Crippen molar-refractivity contribution in [2.24, 2.45) is 0 Å². The van der Waals surface area contributed by atoms with Crippen LogP contribution in [0.3, 0.4) is 0 Å². The number of thiazole rings is 1. The predicted molar refractivity (Wildman–Crippen MR) is 72.6 cm³/mol. The van der Waals surface area contributed by atoms with E-state index in [9.17, 15) is 14.7 Å². The van der Waals surface area contributed by atoms with Gasteiger partial charge in [-0.15, -0.1) is 11.3 Å². The van der Waals surface area contributed by atoms with Gasteiger partial charge in [0.1, 0.15) is 5.69 Å². The SMILES string of the molecule is CC(=O)c1csc(NC(=O)c2cccc(N)c2O)n1. The van der Waals surface area contributed by atoms with Crippen molar-refractivity contribution in [1.29, 1.82) is 0 Å². The molecule has 0 aliphatic heterocycles. The molecule has 0 spiro atoms. The van der Waals surface area contributed by atoms with E-state index < -0.39 is 5.91 Å². The zero-order chi connectivity index (χ0) is 14.0. The van der Waals surface area contributed by atoms with E-state index in [1.165, 1.54) is 19.1 Å². The zero-order valence-electron chi connectivity index (χ0n) is 10.0. The highest BCUT2D eigenvalue weighted by atomic mass is 32.1. The van der Waals surface area contributed by atoms with Gasteiger partial charge in [-0.05, 0) is 12.1 Å². The number of carbonyl (C=O) groups excluding carboxylic acids is 2. The summed E-state index contributed by atoms with van der Waals surface area (Å²) in [5, 5.41) is 14.0. The molecular formula is C12H11N3O3S. The van der Waals surface area contributed by atoms with Gasteiger partial charge in [-0.3, -0.25) is 14.9 Å². The van der Waals surface area contributed by atoms with Gasteiger partial charge < -0.3 is 10.8 Å². The lowest BCUT2D eigenvalue weighted by atomic mass is 10.1. The van der Waals surface area contributed by atoms with E-state index in [2.05, 4.69) is 10.3 Å². The maximum Gasteiger partial charge on any atom is 0.261 e. The van der Waals surface area contributed by atoms with E-state index in [0.29, 0.717) is 0 Å². The molecule has 1 aromatic carbocycles. The number of hydrogen-bond acceptors (Lipinski definition) is 6. The number of para-hydroxylation sites is 1. The van der Waals surface area contributed by atoms with Gasteiger partial charge >= 0.3 is 0 Å². The highest BCUT2D eigenvalue weighted by Crippen LogP contribution is 2.25. The summed E-state index contributed by atoms with van der Waals surface area (Å²) in [5.41, 5.74) is 5.97. The Labute approximate surface area is 112 Å². The summed E-state index contributed by atoms with van der Waals surface area (Å²) in [6.07, 6.45) is 0. The molecule has 0 unspecified atom stereocenters. The molecular weight excluding hydrogens is 266 g/mol. The number of nitrogen functional groups attached to an aromatic ring is 1. The fraction of sp³-hybridized carbons (Fsp3) is 0.0833. The Morgan fingerprint density at radius 3 is 2.79 bits per heavy atom. The first-order valence-corrected chi connectivity index (χ1v) is 6.22. The van der Waals surface area contributed by atoms with Crippen LogP contribution >= 0.6 is 11.3 Å². The molecule has 4 N–H and O–H groups in total. The van der Waals surface area contributed by atoms with Gasteiger partial charge in [0.15, 0.2) is 16.7 Å². The third-order valence-corrected chi connectivity index (χ3v) is 3.15. The van der Waals surface area contributed by atoms with Crippen LogP contribution in [0.5, 0.6) is 5.75 Å². The Bertz CT molecular complexity index is 651. The molecule has 0 saturated carbocycles. The molecule has 0 fully saturated rings. The highest BCUT2D eigenvalue weighted by molar-refractivity contribution is 7.14. The lowest BCUT2D eigenvalue weighted by molar-refractivity contribution is 0.100. The number of ketones is 1. The molecule has 0 bridgehead atoms. The minimum atomic E-state index is -0.533. The van der Waals surface area contributed by atoms with Crippen molar-refractivity contribution in [3.63, 3.8) is 0 Å². The average Bonchev–Trinajstić information content (AvgIpc) is 2.81. The van der Waals surface area contributed by atoms with Gasteiger partial charge in [0.25, 0.3) is 5.91 Å². The lowest BCUT2D eigenvalue weighted by Gasteiger charge is -2.05. The third kappa shape index (κ3) is 2.71. The molecule has 19 heavy (non-hydrogen) atoms. The summed E-state index contributed by atoms with van der Waals surface area (Å²) in [5.74, 6) is -0.985. The highest BCUT2D eigenvalue weighted by Gasteiger charge is 2.15. The summed E-state index contributed by atoms with van der Waals surface area (Å²) in [4.78, 5) is 27.0. The van der Waals surface area contributed by atoms with Crippen molar-refractivity contribution >= 4 is 33.8 Å². The van der Waals surface area contributed by atoms with Crippen molar-refractivity contribution in [2.45, 2.75) is 6.92 Å². The van der Waals surface area contributed by atoms with Gasteiger partial charge in [-0.25, -0.2) is 4.98 Å². The Balaban J connectivity index is 2.21. The number of aromatic nitrogens is 1. The number of carbonyl (C=O) groups is 2. The van der Waals surface area contributed by atoms with Crippen molar-refractivity contribution < 1.29 is 14.7 Å². The van der Waals surface area contributed by atoms with E-state index in [-0.39, 0.29) is 33.6 Å². The molecule has 1 amide bonds. The van der Waals surface area contributed by atoms with E-state index in [1.54, 1.807) is 11.4 Å². The van der Waals surface area contributed by atoms with E-state index in [4.69, 9.17) is 5.73 Å². The molecule has 0 atom stereocenters. The molecule has 7 heteroatoms. The van der Waals surface area contributed by atoms with Crippen molar-refractivity contribution in [2.75, 3.05) is 11.1 Å². The maximum atomic E-state index is 11.9. The molecule has 1 aromatic heterocycles. The Morgan fingerprint density at radius 1 is 1.42 bits per heavy atom. The molecule has 0 saturated heterocycles. The number of hydrogen-bond donors (Lipinski definition) is 3. The van der Waals surface area contributed by atoms with Crippen LogP contribution in [-0.4, -0.2) is 21.8 Å². The van der Waals surface area contributed by atoms with Gasteiger partial charge in [0.05, 0.1) is 11.3 Å². The summed E-state index contributed by atoms with van der Waals surface area (Å²) < 4.78 is 0. The number of nitrogens with one attached hydrogen (secondary N) is 1. The Kier molecular flexibility index (Phi) is 3.48. The fourth-order valence-electron chi connectivity index (χ4n) is 1.40. The summed E-state index contributed by atoms with van der Waals surface area (Å²) in [7, 11) is 0. The van der Waals surface area contributed by atoms with Crippen LogP contribution in [0.15, 0.2) is 23.6 Å². The minimum Gasteiger partial charge on any atom is -0.505 e. The second-order valence-corrected chi connectivity index (χ2v) is 4.65. The molecule has 6 nitrogen and oxygen atoms in total. The lowest BCUT2D eigenvalue weighted by Crippen LogP contribution is -2.12. The van der Waals surface area contributed by atoms with Crippen molar-refractivity contribution in [1.82, 2.24) is 4.98 Å².